The molecule has 0 aromatic carbocycles. The molecule has 2 aliphatic rings. The van der Waals surface area contributed by atoms with E-state index >= 15 is 0 Å². The largest absolute Gasteiger partial charge is 0.356 e. The third-order valence-electron chi connectivity index (χ3n) is 4.72. The molecule has 3 heteroatoms. The zero-order valence-corrected chi connectivity index (χ0v) is 13.5. The van der Waals surface area contributed by atoms with Crippen molar-refractivity contribution in [2.75, 3.05) is 6.54 Å². The molecule has 2 rings (SSSR count). The predicted octanol–water partition coefficient (Wildman–Crippen LogP) is 3.24. The van der Waals surface area contributed by atoms with Crippen LogP contribution in [0.2, 0.25) is 0 Å². The highest BCUT2D eigenvalue weighted by Crippen LogP contribution is 2.32. The van der Waals surface area contributed by atoms with Crippen molar-refractivity contribution in [3.63, 3.8) is 0 Å². The summed E-state index contributed by atoms with van der Waals surface area (Å²) in [6, 6.07) is 1.39. The molecule has 2 atom stereocenters. The summed E-state index contributed by atoms with van der Waals surface area (Å²) >= 11 is 0. The lowest BCUT2D eigenvalue weighted by Gasteiger charge is -2.28. The Balaban J connectivity index is 1.54. The molecule has 2 unspecified atom stereocenters. The maximum Gasteiger partial charge on any atom is 0.220 e. The molecule has 0 aliphatic carbocycles. The normalized spacial score (nSPS) is 29.4. The van der Waals surface area contributed by atoms with Crippen LogP contribution in [-0.4, -0.2) is 24.5 Å². The Morgan fingerprint density at radius 2 is 1.80 bits per heavy atom. The Labute approximate surface area is 124 Å². The zero-order chi connectivity index (χ0) is 14.6. The van der Waals surface area contributed by atoms with Crippen molar-refractivity contribution in [2.24, 2.45) is 11.3 Å². The summed E-state index contributed by atoms with van der Waals surface area (Å²) in [5.74, 6) is 0.885. The average molecular weight is 280 g/mol. The fourth-order valence-electron chi connectivity index (χ4n) is 3.68. The van der Waals surface area contributed by atoms with Crippen LogP contribution in [0.15, 0.2) is 0 Å². The van der Waals surface area contributed by atoms with Gasteiger partial charge in [0.15, 0.2) is 0 Å². The minimum Gasteiger partial charge on any atom is -0.356 e. The van der Waals surface area contributed by atoms with Gasteiger partial charge in [-0.1, -0.05) is 27.2 Å². The Morgan fingerprint density at radius 1 is 1.15 bits per heavy atom. The van der Waals surface area contributed by atoms with Gasteiger partial charge >= 0.3 is 0 Å². The second kappa shape index (κ2) is 6.93. The molecule has 2 saturated heterocycles. The van der Waals surface area contributed by atoms with Crippen molar-refractivity contribution in [3.8, 4) is 0 Å². The summed E-state index contributed by atoms with van der Waals surface area (Å²) in [5, 5.41) is 6.74. The third kappa shape index (κ3) is 5.43. The fraction of sp³-hybridized carbons (Fsp3) is 0.941. The van der Waals surface area contributed by atoms with E-state index in [1.54, 1.807) is 0 Å². The van der Waals surface area contributed by atoms with Gasteiger partial charge in [-0.3, -0.25) is 4.79 Å². The van der Waals surface area contributed by atoms with Gasteiger partial charge in [-0.2, -0.15) is 0 Å². The summed E-state index contributed by atoms with van der Waals surface area (Å²) in [5.41, 5.74) is 0.415. The number of unbranched alkanes of at least 4 members (excludes halogenated alkanes) is 1. The first-order valence-electron chi connectivity index (χ1n) is 8.45. The number of piperidine rings is 1. The minimum absolute atomic E-state index is 0.270. The molecule has 0 aromatic rings. The van der Waals surface area contributed by atoms with Crippen LogP contribution in [-0.2, 0) is 4.79 Å². The van der Waals surface area contributed by atoms with Crippen molar-refractivity contribution in [1.29, 1.82) is 0 Å². The zero-order valence-electron chi connectivity index (χ0n) is 13.5. The molecule has 2 fully saturated rings. The Morgan fingerprint density at radius 3 is 2.40 bits per heavy atom. The van der Waals surface area contributed by atoms with E-state index in [1.807, 2.05) is 0 Å². The summed E-state index contributed by atoms with van der Waals surface area (Å²) in [6.45, 7) is 7.68. The van der Waals surface area contributed by atoms with Crippen molar-refractivity contribution < 1.29 is 4.79 Å². The monoisotopic (exact) mass is 280 g/mol. The molecule has 1 amide bonds. The molecular formula is C17H32N2O. The highest BCUT2D eigenvalue weighted by atomic mass is 16.1. The summed E-state index contributed by atoms with van der Waals surface area (Å²) < 4.78 is 0. The molecular weight excluding hydrogens is 248 g/mol. The predicted molar refractivity (Wildman–Crippen MR) is 83.6 cm³/mol. The lowest BCUT2D eigenvalue weighted by Crippen LogP contribution is -2.39. The first-order chi connectivity index (χ1) is 9.42. The number of amides is 1. The first-order valence-corrected chi connectivity index (χ1v) is 8.45. The quantitative estimate of drug-likeness (QED) is 0.733. The molecule has 0 spiro atoms. The van der Waals surface area contributed by atoms with Crippen LogP contribution < -0.4 is 10.6 Å². The number of carbonyl (C=O) groups excluding carboxylic acids is 1. The van der Waals surface area contributed by atoms with Crippen LogP contribution in [0.1, 0.15) is 72.1 Å². The van der Waals surface area contributed by atoms with Gasteiger partial charge in [0, 0.05) is 25.0 Å². The lowest BCUT2D eigenvalue weighted by atomic mass is 9.89. The van der Waals surface area contributed by atoms with E-state index in [0.717, 1.165) is 19.4 Å². The molecule has 2 heterocycles. The van der Waals surface area contributed by atoms with Gasteiger partial charge in [-0.15, -0.1) is 0 Å². The van der Waals surface area contributed by atoms with Gasteiger partial charge in [-0.05, 0) is 49.9 Å². The van der Waals surface area contributed by atoms with Crippen LogP contribution in [0.3, 0.4) is 0 Å². The standard InChI is InChI=1S/C17H32N2O/c1-17(2,3)8-4-5-9-18-16(20)12-13-10-14-6-7-15(11-13)19-14/h13-15,19H,4-12H2,1-3H3,(H,18,20). The number of rotatable bonds is 6. The van der Waals surface area contributed by atoms with Gasteiger partial charge in [0.25, 0.3) is 0 Å². The highest BCUT2D eigenvalue weighted by Gasteiger charge is 2.33. The van der Waals surface area contributed by atoms with Crippen LogP contribution >= 0.6 is 0 Å². The second-order valence-corrected chi connectivity index (χ2v) is 8.05. The van der Waals surface area contributed by atoms with Crippen molar-refractivity contribution in [2.45, 2.75) is 84.2 Å². The van der Waals surface area contributed by atoms with E-state index in [2.05, 4.69) is 31.4 Å². The van der Waals surface area contributed by atoms with E-state index in [-0.39, 0.29) is 5.91 Å². The Kier molecular flexibility index (Phi) is 5.48. The van der Waals surface area contributed by atoms with Crippen molar-refractivity contribution in [1.82, 2.24) is 10.6 Å². The van der Waals surface area contributed by atoms with Gasteiger partial charge in [0.05, 0.1) is 0 Å². The number of carbonyl (C=O) groups is 1. The summed E-state index contributed by atoms with van der Waals surface area (Å²) in [7, 11) is 0. The number of hydrogen-bond donors (Lipinski definition) is 2. The van der Waals surface area contributed by atoms with E-state index < -0.39 is 0 Å². The highest BCUT2D eigenvalue weighted by molar-refractivity contribution is 5.76. The van der Waals surface area contributed by atoms with Gasteiger partial charge in [0.1, 0.15) is 0 Å². The Bertz CT molecular complexity index is 309. The lowest BCUT2D eigenvalue weighted by molar-refractivity contribution is -0.122. The average Bonchev–Trinajstić information content (AvgIpc) is 2.67. The van der Waals surface area contributed by atoms with Gasteiger partial charge in [0.2, 0.25) is 5.91 Å². The van der Waals surface area contributed by atoms with E-state index in [0.29, 0.717) is 23.4 Å². The number of hydrogen-bond acceptors (Lipinski definition) is 2. The second-order valence-electron chi connectivity index (χ2n) is 8.05. The molecule has 2 aliphatic heterocycles. The third-order valence-corrected chi connectivity index (χ3v) is 4.72. The van der Waals surface area contributed by atoms with Gasteiger partial charge in [-0.25, -0.2) is 0 Å². The molecule has 2 bridgehead atoms. The molecule has 20 heavy (non-hydrogen) atoms. The topological polar surface area (TPSA) is 41.1 Å². The maximum atomic E-state index is 12.0. The minimum atomic E-state index is 0.270. The van der Waals surface area contributed by atoms with Crippen LogP contribution in [0, 0.1) is 11.3 Å². The molecule has 0 saturated carbocycles. The number of fused-ring (bicyclic) bond motifs is 2. The van der Waals surface area contributed by atoms with E-state index in [4.69, 9.17) is 0 Å². The van der Waals surface area contributed by atoms with Crippen molar-refractivity contribution in [3.05, 3.63) is 0 Å². The van der Waals surface area contributed by atoms with E-state index in [1.165, 1.54) is 38.5 Å². The molecule has 2 N–H and O–H groups in total. The van der Waals surface area contributed by atoms with Crippen LogP contribution in [0.25, 0.3) is 0 Å². The van der Waals surface area contributed by atoms with Crippen molar-refractivity contribution >= 4 is 5.91 Å². The SMILES string of the molecule is CC(C)(C)CCCCNC(=O)CC1CC2CCC(C1)N2. The first kappa shape index (κ1) is 15.8. The number of nitrogens with one attached hydrogen (secondary N) is 2. The van der Waals surface area contributed by atoms with E-state index in [9.17, 15) is 4.79 Å². The fourth-order valence-corrected chi connectivity index (χ4v) is 3.68. The Hall–Kier alpha value is -0.570. The molecule has 0 radical (unpaired) electrons. The molecule has 116 valence electrons. The molecule has 3 nitrogen and oxygen atoms in total. The maximum absolute atomic E-state index is 12.0. The molecule has 0 aromatic heterocycles. The van der Waals surface area contributed by atoms with Gasteiger partial charge < -0.3 is 10.6 Å². The summed E-state index contributed by atoms with van der Waals surface area (Å²) in [4.78, 5) is 12.0. The van der Waals surface area contributed by atoms with Crippen LogP contribution in [0.4, 0.5) is 0 Å². The van der Waals surface area contributed by atoms with Crippen LogP contribution in [0.5, 0.6) is 0 Å². The smallest absolute Gasteiger partial charge is 0.220 e. The summed E-state index contributed by atoms with van der Waals surface area (Å²) in [6.07, 6.45) is 9.34.